The summed E-state index contributed by atoms with van der Waals surface area (Å²) in [6.07, 6.45) is 0. The van der Waals surface area contributed by atoms with Crippen LogP contribution in [0.2, 0.25) is 0 Å². The number of carbonyl (C=O) groups is 1. The van der Waals surface area contributed by atoms with E-state index in [1.54, 1.807) is 30.3 Å². The highest BCUT2D eigenvalue weighted by molar-refractivity contribution is 5.92. The maximum atomic E-state index is 13.2. The van der Waals surface area contributed by atoms with Crippen LogP contribution >= 0.6 is 0 Å². The highest BCUT2D eigenvalue weighted by Gasteiger charge is 2.16. The van der Waals surface area contributed by atoms with Gasteiger partial charge in [0.15, 0.2) is 5.82 Å². The normalized spacial score (nSPS) is 11.0. The lowest BCUT2D eigenvalue weighted by Crippen LogP contribution is -2.23. The number of nitrogens with one attached hydrogen (secondary N) is 2. The number of nitrogen functional groups attached to an aromatic ring is 1. The van der Waals surface area contributed by atoms with Gasteiger partial charge in [0, 0.05) is 17.5 Å². The van der Waals surface area contributed by atoms with Gasteiger partial charge in [-0.25, -0.2) is 4.39 Å². The minimum atomic E-state index is -0.545. The van der Waals surface area contributed by atoms with Gasteiger partial charge < -0.3 is 15.5 Å². The van der Waals surface area contributed by atoms with Crippen LogP contribution in [0.5, 0.6) is 0 Å². The van der Waals surface area contributed by atoms with Gasteiger partial charge in [-0.05, 0) is 35.9 Å². The molecule has 0 saturated carbocycles. The van der Waals surface area contributed by atoms with Crippen LogP contribution < -0.4 is 11.1 Å². The highest BCUT2D eigenvalue weighted by Crippen LogP contribution is 2.25. The molecule has 0 aliphatic carbocycles. The summed E-state index contributed by atoms with van der Waals surface area (Å²) in [6, 6.07) is 11.2. The van der Waals surface area contributed by atoms with Crippen molar-refractivity contribution in [1.82, 2.24) is 25.7 Å². The van der Waals surface area contributed by atoms with Gasteiger partial charge in [0.1, 0.15) is 5.82 Å². The van der Waals surface area contributed by atoms with Crippen LogP contribution in [0.15, 0.2) is 46.9 Å². The Morgan fingerprint density at radius 1 is 1.23 bits per heavy atom. The second-order valence-corrected chi connectivity index (χ2v) is 5.59. The van der Waals surface area contributed by atoms with Crippen LogP contribution in [0.25, 0.3) is 22.4 Å². The lowest BCUT2D eigenvalue weighted by Gasteiger charge is -2.02. The van der Waals surface area contributed by atoms with Crippen LogP contribution in [0, 0.1) is 5.82 Å². The molecule has 4 rings (SSSR count). The van der Waals surface area contributed by atoms with E-state index in [4.69, 9.17) is 10.2 Å². The average Bonchev–Trinajstić information content (AvgIpc) is 3.27. The second-order valence-electron chi connectivity index (χ2n) is 5.59. The fourth-order valence-corrected chi connectivity index (χ4v) is 2.50. The van der Waals surface area contributed by atoms with Crippen molar-refractivity contribution < 1.29 is 13.6 Å². The molecule has 2 aromatic heterocycles. The number of carbonyl (C=O) groups excluding carboxylic acids is 1. The first-order chi connectivity index (χ1) is 12.6. The molecule has 0 atom stereocenters. The summed E-state index contributed by atoms with van der Waals surface area (Å²) in [5.74, 6) is -0.558. The molecule has 8 nitrogen and oxygen atoms in total. The van der Waals surface area contributed by atoms with Crippen molar-refractivity contribution in [3.05, 3.63) is 59.7 Å². The lowest BCUT2D eigenvalue weighted by molar-refractivity contribution is 0.0916. The van der Waals surface area contributed by atoms with Crippen LogP contribution in [-0.4, -0.2) is 26.3 Å². The van der Waals surface area contributed by atoms with Gasteiger partial charge in [-0.1, -0.05) is 12.1 Å². The molecule has 9 heteroatoms. The summed E-state index contributed by atoms with van der Waals surface area (Å²) in [5.41, 5.74) is 7.80. The Kier molecular flexibility index (Phi) is 3.81. The summed E-state index contributed by atoms with van der Waals surface area (Å²) in [7, 11) is 0. The third-order valence-electron chi connectivity index (χ3n) is 3.80. The van der Waals surface area contributed by atoms with Crippen molar-refractivity contribution in [1.29, 1.82) is 0 Å². The summed E-state index contributed by atoms with van der Waals surface area (Å²) >= 11 is 0. The molecule has 0 fully saturated rings. The SMILES string of the molecule is Nc1n[nH]c2ccc(-c3nnc(C(=O)NCc4cccc(F)c4)o3)cc12. The zero-order valence-electron chi connectivity index (χ0n) is 13.4. The summed E-state index contributed by atoms with van der Waals surface area (Å²) < 4.78 is 18.6. The highest BCUT2D eigenvalue weighted by atomic mass is 19.1. The molecule has 0 aliphatic heterocycles. The van der Waals surface area contributed by atoms with Crippen LogP contribution in [0.1, 0.15) is 16.2 Å². The van der Waals surface area contributed by atoms with E-state index in [0.717, 1.165) is 10.9 Å². The van der Waals surface area contributed by atoms with Gasteiger partial charge in [0.25, 0.3) is 0 Å². The number of halogens is 1. The van der Waals surface area contributed by atoms with E-state index < -0.39 is 5.91 Å². The van der Waals surface area contributed by atoms with E-state index in [1.807, 2.05) is 0 Å². The number of nitrogens with two attached hydrogens (primary N) is 1. The number of H-pyrrole nitrogens is 1. The number of fused-ring (bicyclic) bond motifs is 1. The monoisotopic (exact) mass is 352 g/mol. The summed E-state index contributed by atoms with van der Waals surface area (Å²) in [6.45, 7) is 0.145. The van der Waals surface area contributed by atoms with Crippen molar-refractivity contribution in [2.75, 3.05) is 5.73 Å². The third-order valence-corrected chi connectivity index (χ3v) is 3.80. The molecule has 0 saturated heterocycles. The third kappa shape index (κ3) is 2.97. The molecule has 0 spiro atoms. The molecular formula is C17H13FN6O2. The Balaban J connectivity index is 1.51. The predicted octanol–water partition coefficient (Wildman–Crippen LogP) is 2.26. The molecule has 0 aliphatic rings. The molecule has 0 bridgehead atoms. The number of aromatic nitrogens is 4. The van der Waals surface area contributed by atoms with E-state index in [0.29, 0.717) is 16.9 Å². The largest absolute Gasteiger partial charge is 0.412 e. The van der Waals surface area contributed by atoms with E-state index in [-0.39, 0.29) is 24.1 Å². The number of rotatable bonds is 4. The topological polar surface area (TPSA) is 123 Å². The standard InChI is InChI=1S/C17H13FN6O2/c18-11-3-1-2-9(6-11)8-20-15(25)17-24-23-16(26-17)10-4-5-13-12(7-10)14(19)22-21-13/h1-7H,8H2,(H,20,25)(H3,19,21,22). The maximum Gasteiger partial charge on any atom is 0.309 e. The second kappa shape index (κ2) is 6.28. The van der Waals surface area contributed by atoms with Crippen molar-refractivity contribution in [2.45, 2.75) is 6.54 Å². The molecular weight excluding hydrogens is 339 g/mol. The van der Waals surface area contributed by atoms with E-state index in [9.17, 15) is 9.18 Å². The Labute approximate surface area is 146 Å². The van der Waals surface area contributed by atoms with E-state index in [2.05, 4.69) is 25.7 Å². The van der Waals surface area contributed by atoms with Crippen LogP contribution in [0.4, 0.5) is 10.2 Å². The molecule has 130 valence electrons. The summed E-state index contributed by atoms with van der Waals surface area (Å²) in [4.78, 5) is 12.1. The van der Waals surface area contributed by atoms with Gasteiger partial charge in [-0.15, -0.1) is 10.2 Å². The van der Waals surface area contributed by atoms with Gasteiger partial charge in [0.05, 0.1) is 5.52 Å². The number of hydrogen-bond acceptors (Lipinski definition) is 6. The van der Waals surface area contributed by atoms with E-state index in [1.165, 1.54) is 12.1 Å². The maximum absolute atomic E-state index is 13.2. The molecule has 0 radical (unpaired) electrons. The molecule has 2 aromatic carbocycles. The molecule has 2 heterocycles. The molecule has 4 N–H and O–H groups in total. The number of hydrogen-bond donors (Lipinski definition) is 3. The first-order valence-electron chi connectivity index (χ1n) is 7.70. The Bertz CT molecular complexity index is 1100. The van der Waals surface area contributed by atoms with E-state index >= 15 is 0 Å². The zero-order chi connectivity index (χ0) is 18.1. The number of aromatic amines is 1. The molecule has 0 unspecified atom stereocenters. The van der Waals surface area contributed by atoms with Crippen molar-refractivity contribution >= 4 is 22.6 Å². The number of anilines is 1. The Hall–Kier alpha value is -3.75. The van der Waals surface area contributed by atoms with Gasteiger partial charge in [0.2, 0.25) is 5.89 Å². The summed E-state index contributed by atoms with van der Waals surface area (Å²) in [5, 5.41) is 17.7. The quantitative estimate of drug-likeness (QED) is 0.518. The smallest absolute Gasteiger partial charge is 0.309 e. The molecule has 4 aromatic rings. The van der Waals surface area contributed by atoms with Crippen molar-refractivity contribution in [3.63, 3.8) is 0 Å². The zero-order valence-corrected chi connectivity index (χ0v) is 13.4. The first kappa shape index (κ1) is 15.8. The number of nitrogens with zero attached hydrogens (tertiary/aromatic N) is 3. The number of amides is 1. The lowest BCUT2D eigenvalue weighted by atomic mass is 10.1. The van der Waals surface area contributed by atoms with Gasteiger partial charge in [-0.3, -0.25) is 9.89 Å². The minimum absolute atomic E-state index is 0.145. The first-order valence-corrected chi connectivity index (χ1v) is 7.70. The van der Waals surface area contributed by atoms with Crippen molar-refractivity contribution in [2.24, 2.45) is 0 Å². The Morgan fingerprint density at radius 3 is 2.96 bits per heavy atom. The van der Waals surface area contributed by atoms with Crippen LogP contribution in [0.3, 0.4) is 0 Å². The molecule has 26 heavy (non-hydrogen) atoms. The van der Waals surface area contributed by atoms with Gasteiger partial charge >= 0.3 is 11.8 Å². The fourth-order valence-electron chi connectivity index (χ4n) is 2.50. The van der Waals surface area contributed by atoms with Gasteiger partial charge in [-0.2, -0.15) is 5.10 Å². The molecule has 1 amide bonds. The van der Waals surface area contributed by atoms with Crippen molar-refractivity contribution in [3.8, 4) is 11.5 Å². The Morgan fingerprint density at radius 2 is 2.12 bits per heavy atom. The van der Waals surface area contributed by atoms with Crippen LogP contribution in [-0.2, 0) is 6.54 Å². The predicted molar refractivity (Wildman–Crippen MR) is 91.4 cm³/mol. The number of benzene rings is 2. The minimum Gasteiger partial charge on any atom is -0.412 e. The fraction of sp³-hybridized carbons (Fsp3) is 0.0588. The average molecular weight is 352 g/mol.